The molecule has 0 aliphatic heterocycles. The molecule has 1 aliphatic carbocycles. The van der Waals surface area contributed by atoms with Crippen molar-refractivity contribution < 1.29 is 29.1 Å². The van der Waals surface area contributed by atoms with Crippen LogP contribution in [-0.2, 0) is 0 Å². The van der Waals surface area contributed by atoms with E-state index in [0.29, 0.717) is 0 Å². The summed E-state index contributed by atoms with van der Waals surface area (Å²) in [7, 11) is 0. The van der Waals surface area contributed by atoms with Gasteiger partial charge in [-0.25, -0.2) is 0 Å². The Morgan fingerprint density at radius 2 is 1.50 bits per heavy atom. The molecule has 0 aromatic carbocycles. The summed E-state index contributed by atoms with van der Waals surface area (Å²) < 4.78 is 0. The molecule has 0 unspecified atom stereocenters. The molecule has 0 atom stereocenters. The maximum Gasteiger partial charge on any atom is 2.00 e. The molecule has 0 bridgehead atoms. The van der Waals surface area contributed by atoms with Gasteiger partial charge in [0.2, 0.25) is 0 Å². The second-order valence-corrected chi connectivity index (χ2v) is 4.91. The number of hydrogen-bond acceptors (Lipinski definition) is 1. The number of rotatable bonds is 5. The molecule has 1 fully saturated rings. The largest absolute Gasteiger partial charge is 2.00 e. The van der Waals surface area contributed by atoms with Crippen LogP contribution in [-0.4, -0.2) is 28.7 Å². The van der Waals surface area contributed by atoms with Crippen LogP contribution in [0.3, 0.4) is 0 Å². The fourth-order valence-electron chi connectivity index (χ4n) is 2.50. The molecular formula is C13H25IMgO. The van der Waals surface area contributed by atoms with Crippen molar-refractivity contribution in [3.8, 4) is 0 Å². The molecule has 1 aliphatic rings. The van der Waals surface area contributed by atoms with Crippen molar-refractivity contribution in [2.75, 3.05) is 0 Å². The van der Waals surface area contributed by atoms with Crippen molar-refractivity contribution in [3.63, 3.8) is 0 Å². The van der Waals surface area contributed by atoms with Gasteiger partial charge >= 0.3 is 23.1 Å². The zero-order valence-corrected chi connectivity index (χ0v) is 14.3. The molecule has 1 rings (SSSR count). The Hall–Kier alpha value is 1.46. The minimum atomic E-state index is -0.537. The molecule has 16 heavy (non-hydrogen) atoms. The molecule has 0 heterocycles. The fourth-order valence-corrected chi connectivity index (χ4v) is 2.50. The quantitative estimate of drug-likeness (QED) is 0.298. The normalized spacial score (nSPS) is 19.1. The van der Waals surface area contributed by atoms with Gasteiger partial charge in [0, 0.05) is 0 Å². The van der Waals surface area contributed by atoms with E-state index in [1.165, 1.54) is 44.9 Å². The van der Waals surface area contributed by atoms with Crippen LogP contribution in [0.25, 0.3) is 0 Å². The van der Waals surface area contributed by atoms with Crippen LogP contribution < -0.4 is 29.1 Å². The van der Waals surface area contributed by atoms with Crippen LogP contribution in [0.15, 0.2) is 0 Å². The van der Waals surface area contributed by atoms with Crippen LogP contribution in [0.1, 0.15) is 77.6 Å². The molecule has 92 valence electrons. The third-order valence-electron chi connectivity index (χ3n) is 3.50. The number of hydrogen-bond donors (Lipinski definition) is 0. The van der Waals surface area contributed by atoms with Gasteiger partial charge in [0.15, 0.2) is 0 Å². The van der Waals surface area contributed by atoms with Crippen LogP contribution in [0, 0.1) is 0 Å². The van der Waals surface area contributed by atoms with E-state index in [4.69, 9.17) is 0 Å². The zero-order chi connectivity index (χ0) is 10.3. The molecule has 3 heteroatoms. The summed E-state index contributed by atoms with van der Waals surface area (Å²) in [5, 5.41) is 12.3. The molecule has 1 nitrogen and oxygen atoms in total. The molecule has 0 saturated heterocycles. The summed E-state index contributed by atoms with van der Waals surface area (Å²) in [6, 6.07) is 0. The van der Waals surface area contributed by atoms with Crippen molar-refractivity contribution in [1.29, 1.82) is 0 Å². The predicted octanol–water partition coefficient (Wildman–Crippen LogP) is 0.0333. The van der Waals surface area contributed by atoms with E-state index in [9.17, 15) is 5.11 Å². The first-order chi connectivity index (χ1) is 6.77. The maximum atomic E-state index is 12.3. The Bertz CT molecular complexity index is 145. The zero-order valence-electron chi connectivity index (χ0n) is 10.8. The van der Waals surface area contributed by atoms with Crippen molar-refractivity contribution in [1.82, 2.24) is 0 Å². The molecule has 0 amide bonds. The van der Waals surface area contributed by atoms with Crippen molar-refractivity contribution in [3.05, 3.63) is 0 Å². The Labute approximate surface area is 134 Å². The topological polar surface area (TPSA) is 23.1 Å². The first kappa shape index (κ1) is 19.8. The van der Waals surface area contributed by atoms with E-state index < -0.39 is 5.60 Å². The van der Waals surface area contributed by atoms with Crippen LogP contribution in [0.4, 0.5) is 0 Å². The van der Waals surface area contributed by atoms with E-state index in [1.54, 1.807) is 0 Å². The van der Waals surface area contributed by atoms with Crippen molar-refractivity contribution in [2.45, 2.75) is 83.2 Å². The van der Waals surface area contributed by atoms with Crippen LogP contribution in [0.5, 0.6) is 0 Å². The Morgan fingerprint density at radius 1 is 0.938 bits per heavy atom. The molecule has 0 spiro atoms. The van der Waals surface area contributed by atoms with Gasteiger partial charge in [-0.1, -0.05) is 77.6 Å². The predicted molar refractivity (Wildman–Crippen MR) is 64.9 cm³/mol. The molecule has 0 radical (unpaired) electrons. The minimum Gasteiger partial charge on any atom is -1.00 e. The second kappa shape index (κ2) is 11.5. The van der Waals surface area contributed by atoms with Crippen molar-refractivity contribution >= 4 is 23.1 Å². The Kier molecular flexibility index (Phi) is 14.3. The summed E-state index contributed by atoms with van der Waals surface area (Å²) >= 11 is 0. The second-order valence-electron chi connectivity index (χ2n) is 4.91. The fraction of sp³-hybridized carbons (Fsp3) is 1.00. The third-order valence-corrected chi connectivity index (χ3v) is 3.50. The van der Waals surface area contributed by atoms with Gasteiger partial charge < -0.3 is 29.1 Å². The smallest absolute Gasteiger partial charge is 1.00 e. The average molecular weight is 349 g/mol. The van der Waals surface area contributed by atoms with Gasteiger partial charge in [0.05, 0.1) is 0 Å². The van der Waals surface area contributed by atoms with Crippen LogP contribution >= 0.6 is 0 Å². The maximum absolute atomic E-state index is 12.3. The van der Waals surface area contributed by atoms with Gasteiger partial charge in [0.1, 0.15) is 0 Å². The Morgan fingerprint density at radius 3 is 2.00 bits per heavy atom. The monoisotopic (exact) mass is 348 g/mol. The average Bonchev–Trinajstić information content (AvgIpc) is 2.39. The molecule has 0 N–H and O–H groups in total. The summed E-state index contributed by atoms with van der Waals surface area (Å²) in [5.41, 5.74) is -0.537. The van der Waals surface area contributed by atoms with Crippen molar-refractivity contribution in [2.24, 2.45) is 0 Å². The standard InChI is InChI=1S/C13H25O.HI.Mg/c1-2-3-4-7-10-13(14)11-8-5-6-9-12-13;;/h2-12H2,1H3;1H;/q-1;;+2/p-1. The molecule has 1 saturated carbocycles. The van der Waals surface area contributed by atoms with E-state index >= 15 is 0 Å². The van der Waals surface area contributed by atoms with Gasteiger partial charge in [-0.2, -0.15) is 0 Å². The van der Waals surface area contributed by atoms with E-state index in [-0.39, 0.29) is 47.0 Å². The van der Waals surface area contributed by atoms with E-state index in [1.807, 2.05) is 0 Å². The van der Waals surface area contributed by atoms with E-state index in [0.717, 1.165) is 25.7 Å². The SMILES string of the molecule is CCCCCCC1([O-])CCCCCC1.[I-].[Mg+2]. The first-order valence-electron chi connectivity index (χ1n) is 6.47. The summed E-state index contributed by atoms with van der Waals surface area (Å²) in [6.45, 7) is 2.22. The summed E-state index contributed by atoms with van der Waals surface area (Å²) in [4.78, 5) is 0. The van der Waals surface area contributed by atoms with E-state index in [2.05, 4.69) is 6.92 Å². The van der Waals surface area contributed by atoms with Gasteiger partial charge in [-0.15, -0.1) is 5.60 Å². The summed E-state index contributed by atoms with van der Waals surface area (Å²) in [6.07, 6.45) is 12.8. The Balaban J connectivity index is 0. The van der Waals surface area contributed by atoms with Gasteiger partial charge in [-0.3, -0.25) is 0 Å². The summed E-state index contributed by atoms with van der Waals surface area (Å²) in [5.74, 6) is 0. The third kappa shape index (κ3) is 8.53. The molecular weight excluding hydrogens is 323 g/mol. The van der Waals surface area contributed by atoms with Crippen LogP contribution in [0.2, 0.25) is 0 Å². The minimum absolute atomic E-state index is 0. The van der Waals surface area contributed by atoms with Gasteiger partial charge in [0.25, 0.3) is 0 Å². The first-order valence-corrected chi connectivity index (χ1v) is 6.47. The number of unbranched alkanes of at least 4 members (excludes halogenated alkanes) is 3. The molecule has 0 aromatic heterocycles. The molecule has 0 aromatic rings. The van der Waals surface area contributed by atoms with Gasteiger partial charge in [-0.05, 0) is 0 Å². The number of halogens is 1.